The second kappa shape index (κ2) is 4.92. The van der Waals surface area contributed by atoms with Gasteiger partial charge in [0, 0.05) is 18.9 Å². The Morgan fingerprint density at radius 2 is 2.35 bits per heavy atom. The summed E-state index contributed by atoms with van der Waals surface area (Å²) in [5, 5.41) is 0. The highest BCUT2D eigenvalue weighted by atomic mass is 16.2. The molecule has 0 bridgehead atoms. The third-order valence-corrected chi connectivity index (χ3v) is 2.87. The van der Waals surface area contributed by atoms with Gasteiger partial charge in [-0.2, -0.15) is 0 Å². The van der Waals surface area contributed by atoms with Gasteiger partial charge in [0.2, 0.25) is 0 Å². The molecule has 0 saturated carbocycles. The monoisotopic (exact) mass is 234 g/mol. The molecule has 2 rings (SSSR count). The van der Waals surface area contributed by atoms with Gasteiger partial charge in [-0.1, -0.05) is 0 Å². The van der Waals surface area contributed by atoms with E-state index >= 15 is 0 Å². The summed E-state index contributed by atoms with van der Waals surface area (Å²) in [5.74, 6) is 4.61. The van der Waals surface area contributed by atoms with Crippen molar-refractivity contribution >= 4 is 11.8 Å². The van der Waals surface area contributed by atoms with E-state index in [9.17, 15) is 9.59 Å². The van der Waals surface area contributed by atoms with Crippen molar-refractivity contribution in [2.24, 2.45) is 5.84 Å². The van der Waals surface area contributed by atoms with E-state index in [0.29, 0.717) is 18.5 Å². The van der Waals surface area contributed by atoms with Crippen molar-refractivity contribution in [3.63, 3.8) is 0 Å². The molecule has 17 heavy (non-hydrogen) atoms. The van der Waals surface area contributed by atoms with Crippen LogP contribution in [0.15, 0.2) is 24.5 Å². The zero-order valence-corrected chi connectivity index (χ0v) is 9.30. The maximum atomic E-state index is 12.1. The SMILES string of the molecule is NNC(=O)[C@@H]1CCCN1C(=O)c1cccnc1. The minimum Gasteiger partial charge on any atom is -0.327 e. The van der Waals surface area contributed by atoms with Crippen LogP contribution in [0.5, 0.6) is 0 Å². The van der Waals surface area contributed by atoms with Crippen LogP contribution in [0.3, 0.4) is 0 Å². The summed E-state index contributed by atoms with van der Waals surface area (Å²) in [6.45, 7) is 0.575. The Labute approximate surface area is 98.8 Å². The summed E-state index contributed by atoms with van der Waals surface area (Å²) < 4.78 is 0. The third-order valence-electron chi connectivity index (χ3n) is 2.87. The van der Waals surface area contributed by atoms with E-state index in [4.69, 9.17) is 5.84 Å². The molecule has 90 valence electrons. The molecule has 2 heterocycles. The molecule has 6 heteroatoms. The van der Waals surface area contributed by atoms with Crippen LogP contribution in [-0.4, -0.2) is 34.3 Å². The normalized spacial score (nSPS) is 19.1. The van der Waals surface area contributed by atoms with Crippen LogP contribution in [-0.2, 0) is 4.79 Å². The molecule has 1 aromatic heterocycles. The molecule has 1 aromatic rings. The fraction of sp³-hybridized carbons (Fsp3) is 0.364. The van der Waals surface area contributed by atoms with Gasteiger partial charge in [-0.15, -0.1) is 0 Å². The maximum Gasteiger partial charge on any atom is 0.256 e. The fourth-order valence-corrected chi connectivity index (χ4v) is 2.03. The highest BCUT2D eigenvalue weighted by molar-refractivity contribution is 5.97. The summed E-state index contributed by atoms with van der Waals surface area (Å²) in [6, 6.07) is 2.92. The predicted octanol–water partition coefficient (Wildman–Crippen LogP) is -0.324. The van der Waals surface area contributed by atoms with Crippen LogP contribution in [0.4, 0.5) is 0 Å². The number of nitrogens with zero attached hydrogens (tertiary/aromatic N) is 2. The van der Waals surface area contributed by atoms with Gasteiger partial charge in [0.25, 0.3) is 11.8 Å². The Bertz CT molecular complexity index is 421. The highest BCUT2D eigenvalue weighted by Gasteiger charge is 2.34. The molecule has 6 nitrogen and oxygen atoms in total. The molecular weight excluding hydrogens is 220 g/mol. The van der Waals surface area contributed by atoms with Gasteiger partial charge < -0.3 is 4.90 Å². The highest BCUT2D eigenvalue weighted by Crippen LogP contribution is 2.19. The van der Waals surface area contributed by atoms with E-state index in [1.54, 1.807) is 23.2 Å². The number of hydrogen-bond donors (Lipinski definition) is 2. The lowest BCUT2D eigenvalue weighted by molar-refractivity contribution is -0.124. The van der Waals surface area contributed by atoms with Gasteiger partial charge >= 0.3 is 0 Å². The average molecular weight is 234 g/mol. The summed E-state index contributed by atoms with van der Waals surface area (Å²) in [6.07, 6.45) is 4.56. The summed E-state index contributed by atoms with van der Waals surface area (Å²) in [5.41, 5.74) is 2.58. The van der Waals surface area contributed by atoms with Crippen molar-refractivity contribution in [1.82, 2.24) is 15.3 Å². The lowest BCUT2D eigenvalue weighted by Crippen LogP contribution is -2.48. The van der Waals surface area contributed by atoms with E-state index in [2.05, 4.69) is 10.4 Å². The first-order chi connectivity index (χ1) is 8.24. The van der Waals surface area contributed by atoms with Gasteiger partial charge in [-0.3, -0.25) is 20.0 Å². The van der Waals surface area contributed by atoms with Crippen LogP contribution >= 0.6 is 0 Å². The van der Waals surface area contributed by atoms with Crippen LogP contribution in [0.1, 0.15) is 23.2 Å². The second-order valence-electron chi connectivity index (χ2n) is 3.91. The van der Waals surface area contributed by atoms with E-state index in [0.717, 1.165) is 6.42 Å². The number of carbonyl (C=O) groups excluding carboxylic acids is 2. The molecule has 1 atom stereocenters. The number of carbonyl (C=O) groups is 2. The van der Waals surface area contributed by atoms with Crippen molar-refractivity contribution < 1.29 is 9.59 Å². The molecule has 0 aliphatic carbocycles. The largest absolute Gasteiger partial charge is 0.327 e. The Balaban J connectivity index is 2.17. The molecular formula is C11H14N4O2. The van der Waals surface area contributed by atoms with Gasteiger partial charge in [0.15, 0.2) is 0 Å². The Morgan fingerprint density at radius 3 is 3.00 bits per heavy atom. The summed E-state index contributed by atoms with van der Waals surface area (Å²) in [7, 11) is 0. The first kappa shape index (κ1) is 11.5. The fourth-order valence-electron chi connectivity index (χ4n) is 2.03. The number of pyridine rings is 1. The van der Waals surface area contributed by atoms with Crippen molar-refractivity contribution in [3.05, 3.63) is 30.1 Å². The number of amides is 2. The van der Waals surface area contributed by atoms with E-state index < -0.39 is 6.04 Å². The number of nitrogens with two attached hydrogens (primary N) is 1. The van der Waals surface area contributed by atoms with Crippen LogP contribution in [0.25, 0.3) is 0 Å². The Kier molecular flexibility index (Phi) is 3.34. The van der Waals surface area contributed by atoms with Crippen molar-refractivity contribution in [3.8, 4) is 0 Å². The molecule has 0 aromatic carbocycles. The minimum absolute atomic E-state index is 0.177. The predicted molar refractivity (Wildman–Crippen MR) is 60.6 cm³/mol. The van der Waals surface area contributed by atoms with Crippen LogP contribution < -0.4 is 11.3 Å². The third kappa shape index (κ3) is 2.26. The number of nitrogens with one attached hydrogen (secondary N) is 1. The molecule has 3 N–H and O–H groups in total. The Morgan fingerprint density at radius 1 is 1.53 bits per heavy atom. The topological polar surface area (TPSA) is 88.3 Å². The zero-order valence-electron chi connectivity index (χ0n) is 9.30. The van der Waals surface area contributed by atoms with Crippen molar-refractivity contribution in [2.45, 2.75) is 18.9 Å². The Hall–Kier alpha value is -1.95. The smallest absolute Gasteiger partial charge is 0.256 e. The molecule has 1 saturated heterocycles. The number of rotatable bonds is 2. The molecule has 1 aliphatic rings. The average Bonchev–Trinajstić information content (AvgIpc) is 2.87. The van der Waals surface area contributed by atoms with Crippen molar-refractivity contribution in [1.29, 1.82) is 0 Å². The molecule has 1 aliphatic heterocycles. The number of hydrazine groups is 1. The molecule has 1 fully saturated rings. The van der Waals surface area contributed by atoms with Crippen LogP contribution in [0.2, 0.25) is 0 Å². The van der Waals surface area contributed by atoms with E-state index in [1.165, 1.54) is 6.20 Å². The number of hydrogen-bond acceptors (Lipinski definition) is 4. The summed E-state index contributed by atoms with van der Waals surface area (Å²) in [4.78, 5) is 29.1. The quantitative estimate of drug-likeness (QED) is 0.417. The molecule has 0 unspecified atom stereocenters. The van der Waals surface area contributed by atoms with E-state index in [-0.39, 0.29) is 11.8 Å². The zero-order chi connectivity index (χ0) is 12.3. The second-order valence-corrected chi connectivity index (χ2v) is 3.91. The molecule has 2 amide bonds. The maximum absolute atomic E-state index is 12.1. The van der Waals surface area contributed by atoms with E-state index in [1.807, 2.05) is 0 Å². The number of likely N-dealkylation sites (tertiary alicyclic amines) is 1. The minimum atomic E-state index is -0.465. The van der Waals surface area contributed by atoms with Gasteiger partial charge in [0.05, 0.1) is 5.56 Å². The summed E-state index contributed by atoms with van der Waals surface area (Å²) >= 11 is 0. The standard InChI is InChI=1S/C11H14N4O2/c12-14-10(16)9-4-2-6-15(9)11(17)8-3-1-5-13-7-8/h1,3,5,7,9H,2,4,6,12H2,(H,14,16)/t9-/m0/s1. The molecule has 0 radical (unpaired) electrons. The number of aromatic nitrogens is 1. The van der Waals surface area contributed by atoms with Crippen LogP contribution in [0, 0.1) is 0 Å². The first-order valence-corrected chi connectivity index (χ1v) is 5.45. The van der Waals surface area contributed by atoms with Crippen molar-refractivity contribution in [2.75, 3.05) is 6.54 Å². The first-order valence-electron chi connectivity index (χ1n) is 5.45. The lowest BCUT2D eigenvalue weighted by Gasteiger charge is -2.22. The molecule has 0 spiro atoms. The lowest BCUT2D eigenvalue weighted by atomic mass is 10.2. The van der Waals surface area contributed by atoms with Gasteiger partial charge in [-0.05, 0) is 25.0 Å². The van der Waals surface area contributed by atoms with Gasteiger partial charge in [-0.25, -0.2) is 5.84 Å². The van der Waals surface area contributed by atoms with Gasteiger partial charge in [0.1, 0.15) is 6.04 Å².